The predicted molar refractivity (Wildman–Crippen MR) is 66.6 cm³/mol. The highest BCUT2D eigenvalue weighted by Crippen LogP contribution is 2.24. The summed E-state index contributed by atoms with van der Waals surface area (Å²) < 4.78 is 0.807. The summed E-state index contributed by atoms with van der Waals surface area (Å²) in [5.41, 5.74) is 1.02. The molecule has 0 amide bonds. The molecule has 0 aromatic carbocycles. The molecule has 2 N–H and O–H groups in total. The monoisotopic (exact) mass is 286 g/mol. The number of halogens is 1. The Hall–Kier alpha value is -1.10. The van der Waals surface area contributed by atoms with Crippen molar-refractivity contribution in [2.24, 2.45) is 5.92 Å². The minimum Gasteiger partial charge on any atom is -0.480 e. The van der Waals surface area contributed by atoms with Gasteiger partial charge in [0.05, 0.1) is 4.47 Å². The molecule has 1 atom stereocenters. The second kappa shape index (κ2) is 5.30. The van der Waals surface area contributed by atoms with Crippen LogP contribution in [0, 0.1) is 12.8 Å². The van der Waals surface area contributed by atoms with Gasteiger partial charge < -0.3 is 10.4 Å². The molecule has 0 fully saturated rings. The normalized spacial score (nSPS) is 12.6. The van der Waals surface area contributed by atoms with E-state index in [1.807, 2.05) is 26.8 Å². The van der Waals surface area contributed by atoms with Crippen LogP contribution in [-0.2, 0) is 4.79 Å². The molecule has 4 nitrogen and oxygen atoms in total. The number of anilines is 1. The number of rotatable bonds is 4. The van der Waals surface area contributed by atoms with Crippen LogP contribution < -0.4 is 5.32 Å². The first kappa shape index (κ1) is 13.0. The van der Waals surface area contributed by atoms with Gasteiger partial charge in [-0.05, 0) is 40.4 Å². The molecule has 0 saturated carbocycles. The van der Waals surface area contributed by atoms with Crippen molar-refractivity contribution in [3.05, 3.63) is 22.3 Å². The average Bonchev–Trinajstić information content (AvgIpc) is 2.19. The summed E-state index contributed by atoms with van der Waals surface area (Å²) in [6.07, 6.45) is 1.65. The van der Waals surface area contributed by atoms with E-state index in [-0.39, 0.29) is 5.92 Å². The van der Waals surface area contributed by atoms with E-state index < -0.39 is 12.0 Å². The van der Waals surface area contributed by atoms with Crippen LogP contribution in [0.3, 0.4) is 0 Å². The zero-order valence-electron chi connectivity index (χ0n) is 9.49. The van der Waals surface area contributed by atoms with Crippen LogP contribution >= 0.6 is 15.9 Å². The van der Waals surface area contributed by atoms with Crippen molar-refractivity contribution in [3.63, 3.8) is 0 Å². The zero-order chi connectivity index (χ0) is 12.3. The first-order chi connectivity index (χ1) is 7.43. The number of aryl methyl sites for hydroxylation is 1. The molecule has 1 aromatic rings. The quantitative estimate of drug-likeness (QED) is 0.893. The van der Waals surface area contributed by atoms with E-state index >= 15 is 0 Å². The number of carboxylic acids is 1. The Bertz CT molecular complexity index is 394. The maximum atomic E-state index is 11.0. The van der Waals surface area contributed by atoms with Gasteiger partial charge >= 0.3 is 5.97 Å². The number of hydrogen-bond donors (Lipinski definition) is 2. The maximum Gasteiger partial charge on any atom is 0.326 e. The highest BCUT2D eigenvalue weighted by atomic mass is 79.9. The van der Waals surface area contributed by atoms with Gasteiger partial charge in [-0.2, -0.15) is 0 Å². The maximum absolute atomic E-state index is 11.0. The van der Waals surface area contributed by atoms with Gasteiger partial charge in [-0.1, -0.05) is 13.8 Å². The van der Waals surface area contributed by atoms with Crippen LogP contribution in [0.1, 0.15) is 19.4 Å². The summed E-state index contributed by atoms with van der Waals surface area (Å²) in [4.78, 5) is 15.2. The van der Waals surface area contributed by atoms with Crippen molar-refractivity contribution in [3.8, 4) is 0 Å². The van der Waals surface area contributed by atoms with Crippen molar-refractivity contribution in [1.82, 2.24) is 4.98 Å². The van der Waals surface area contributed by atoms with Crippen LogP contribution in [-0.4, -0.2) is 22.1 Å². The molecule has 5 heteroatoms. The molecular formula is C11H15BrN2O2. The van der Waals surface area contributed by atoms with Crippen LogP contribution in [0.15, 0.2) is 16.7 Å². The fourth-order valence-electron chi connectivity index (χ4n) is 1.30. The first-order valence-corrected chi connectivity index (χ1v) is 5.83. The number of hydrogen-bond acceptors (Lipinski definition) is 3. The lowest BCUT2D eigenvalue weighted by molar-refractivity contribution is -0.138. The summed E-state index contributed by atoms with van der Waals surface area (Å²) in [7, 11) is 0. The van der Waals surface area contributed by atoms with Gasteiger partial charge in [0.2, 0.25) is 0 Å². The van der Waals surface area contributed by atoms with Gasteiger partial charge in [0.1, 0.15) is 11.9 Å². The van der Waals surface area contributed by atoms with Crippen molar-refractivity contribution >= 4 is 27.7 Å². The fourth-order valence-corrected chi connectivity index (χ4v) is 1.65. The number of carboxylic acid groups (broad SMARTS) is 1. The van der Waals surface area contributed by atoms with E-state index in [4.69, 9.17) is 5.11 Å². The number of pyridine rings is 1. The predicted octanol–water partition coefficient (Wildman–Crippen LogP) is 2.67. The van der Waals surface area contributed by atoms with Crippen molar-refractivity contribution in [1.29, 1.82) is 0 Å². The highest BCUT2D eigenvalue weighted by Gasteiger charge is 2.22. The SMILES string of the molecule is Cc1ccnc(N[C@H](C(=O)O)C(C)C)c1Br. The molecule has 88 valence electrons. The molecule has 0 aliphatic heterocycles. The second-order valence-corrected chi connectivity index (χ2v) is 4.79. The summed E-state index contributed by atoms with van der Waals surface area (Å²) >= 11 is 3.39. The lowest BCUT2D eigenvalue weighted by Crippen LogP contribution is -2.34. The molecule has 0 unspecified atom stereocenters. The molecule has 1 aromatic heterocycles. The average molecular weight is 287 g/mol. The van der Waals surface area contributed by atoms with Gasteiger partial charge in [-0.25, -0.2) is 9.78 Å². The molecule has 0 bridgehead atoms. The lowest BCUT2D eigenvalue weighted by atomic mass is 10.0. The van der Waals surface area contributed by atoms with E-state index in [2.05, 4.69) is 26.2 Å². The third-order valence-electron chi connectivity index (χ3n) is 2.31. The van der Waals surface area contributed by atoms with Crippen LogP contribution in [0.25, 0.3) is 0 Å². The molecule has 0 spiro atoms. The van der Waals surface area contributed by atoms with E-state index in [0.717, 1.165) is 10.0 Å². The molecule has 0 aliphatic rings. The van der Waals surface area contributed by atoms with Crippen molar-refractivity contribution < 1.29 is 9.90 Å². The Balaban J connectivity index is 2.94. The lowest BCUT2D eigenvalue weighted by Gasteiger charge is -2.19. The second-order valence-electron chi connectivity index (χ2n) is 3.99. The molecule has 0 aliphatic carbocycles. The third kappa shape index (κ3) is 2.95. The number of aromatic nitrogens is 1. The van der Waals surface area contributed by atoms with Crippen molar-refractivity contribution in [2.75, 3.05) is 5.32 Å². The van der Waals surface area contributed by atoms with E-state index in [9.17, 15) is 4.79 Å². The molecule has 1 rings (SSSR count). The largest absolute Gasteiger partial charge is 0.480 e. The van der Waals surface area contributed by atoms with E-state index in [0.29, 0.717) is 5.82 Å². The Morgan fingerprint density at radius 1 is 1.56 bits per heavy atom. The van der Waals surface area contributed by atoms with Crippen LogP contribution in [0.5, 0.6) is 0 Å². The zero-order valence-corrected chi connectivity index (χ0v) is 11.1. The molecular weight excluding hydrogens is 272 g/mol. The Morgan fingerprint density at radius 3 is 2.69 bits per heavy atom. The van der Waals surface area contributed by atoms with E-state index in [1.54, 1.807) is 6.20 Å². The standard InChI is InChI=1S/C11H15BrN2O2/c1-6(2)9(11(15)16)14-10-8(12)7(3)4-5-13-10/h4-6,9H,1-3H3,(H,13,14)(H,15,16)/t9-/m0/s1. The van der Waals surface area contributed by atoms with Gasteiger partial charge in [-0.15, -0.1) is 0 Å². The Morgan fingerprint density at radius 2 is 2.19 bits per heavy atom. The Kier molecular flexibility index (Phi) is 4.29. The number of aliphatic carboxylic acids is 1. The van der Waals surface area contributed by atoms with Gasteiger partial charge in [0.15, 0.2) is 0 Å². The summed E-state index contributed by atoms with van der Waals surface area (Å²) in [6.45, 7) is 5.65. The van der Waals surface area contributed by atoms with Crippen molar-refractivity contribution in [2.45, 2.75) is 26.8 Å². The smallest absolute Gasteiger partial charge is 0.326 e. The van der Waals surface area contributed by atoms with Crippen LogP contribution in [0.2, 0.25) is 0 Å². The summed E-state index contributed by atoms with van der Waals surface area (Å²) in [6, 6.07) is 1.23. The highest BCUT2D eigenvalue weighted by molar-refractivity contribution is 9.10. The number of carbonyl (C=O) groups is 1. The minimum absolute atomic E-state index is 0.00767. The van der Waals surface area contributed by atoms with E-state index in [1.165, 1.54) is 0 Å². The Labute approximate surface area is 103 Å². The third-order valence-corrected chi connectivity index (χ3v) is 3.31. The number of nitrogens with zero attached hydrogens (tertiary/aromatic N) is 1. The molecule has 16 heavy (non-hydrogen) atoms. The fraction of sp³-hybridized carbons (Fsp3) is 0.455. The summed E-state index contributed by atoms with van der Waals surface area (Å²) in [5.74, 6) is -0.307. The van der Waals surface area contributed by atoms with Gasteiger partial charge in [0.25, 0.3) is 0 Å². The molecule has 0 radical (unpaired) electrons. The molecule has 0 saturated heterocycles. The molecule has 1 heterocycles. The summed E-state index contributed by atoms with van der Waals surface area (Å²) in [5, 5.41) is 12.0. The van der Waals surface area contributed by atoms with Gasteiger partial charge in [-0.3, -0.25) is 0 Å². The van der Waals surface area contributed by atoms with Crippen LogP contribution in [0.4, 0.5) is 5.82 Å². The topological polar surface area (TPSA) is 62.2 Å². The minimum atomic E-state index is -0.870. The first-order valence-electron chi connectivity index (χ1n) is 5.04. The number of nitrogens with one attached hydrogen (secondary N) is 1. The van der Waals surface area contributed by atoms with Gasteiger partial charge in [0, 0.05) is 6.20 Å².